The van der Waals surface area contributed by atoms with Gasteiger partial charge >= 0.3 is 0 Å². The highest BCUT2D eigenvalue weighted by molar-refractivity contribution is 5.84. The van der Waals surface area contributed by atoms with Crippen LogP contribution < -0.4 is 10.6 Å². The van der Waals surface area contributed by atoms with E-state index in [1.165, 1.54) is 4.90 Å². The number of carbonyl (C=O) groups excluding carboxylic acids is 1. The largest absolute Gasteiger partial charge is 0.382 e. The first kappa shape index (κ1) is 18.6. The predicted molar refractivity (Wildman–Crippen MR) is 78.7 cm³/mol. The average molecular weight is 290 g/mol. The number of nitrogens with one attached hydrogen (secondary N) is 2. The topological polar surface area (TPSA) is 66.0 Å². The van der Waals surface area contributed by atoms with E-state index in [4.69, 9.17) is 4.74 Å². The Morgan fingerprint density at radius 3 is 2.45 bits per heavy atom. The van der Waals surface area contributed by atoms with Crippen molar-refractivity contribution in [1.82, 2.24) is 15.5 Å². The zero-order valence-corrected chi connectivity index (χ0v) is 12.7. The van der Waals surface area contributed by atoms with Crippen molar-refractivity contribution in [3.05, 3.63) is 0 Å². The minimum Gasteiger partial charge on any atom is -0.382 e. The molecule has 0 aromatic carbocycles. The summed E-state index contributed by atoms with van der Waals surface area (Å²) in [4.78, 5) is 17.1. The third kappa shape index (κ3) is 10.5. The second-order valence-electron chi connectivity index (χ2n) is 4.40. The van der Waals surface area contributed by atoms with Gasteiger partial charge in [0.2, 0.25) is 5.91 Å². The number of hydrogen-bond donors (Lipinski definition) is 2. The molecule has 0 aliphatic carbocycles. The normalized spacial score (nSPS) is 11.3. The maximum Gasteiger partial charge on any atom is 0.243 e. The fourth-order valence-electron chi connectivity index (χ4n) is 1.26. The van der Waals surface area contributed by atoms with Gasteiger partial charge in [0.05, 0.1) is 6.67 Å². The predicted octanol–water partition coefficient (Wildman–Crippen LogP) is 0.396. The fraction of sp³-hybridized carbons (Fsp3) is 0.846. The molecule has 118 valence electrons. The smallest absolute Gasteiger partial charge is 0.243 e. The maximum atomic E-state index is 12.1. The highest BCUT2D eigenvalue weighted by atomic mass is 19.1. The molecule has 2 N–H and O–H groups in total. The Kier molecular flexibility index (Phi) is 11.8. The van der Waals surface area contributed by atoms with Crippen molar-refractivity contribution in [2.75, 3.05) is 53.6 Å². The van der Waals surface area contributed by atoms with Gasteiger partial charge in [-0.15, -0.1) is 0 Å². The summed E-state index contributed by atoms with van der Waals surface area (Å²) in [7, 11) is 3.37. The SMILES string of the molecule is CCOCCCNC(=NCC(=O)N(C)C)NCCCF. The molecule has 1 amide bonds. The Morgan fingerprint density at radius 2 is 1.90 bits per heavy atom. The zero-order valence-electron chi connectivity index (χ0n) is 12.7. The molecular formula is C13H27FN4O2. The Labute approximate surface area is 120 Å². The number of carbonyl (C=O) groups is 1. The third-order valence-corrected chi connectivity index (χ3v) is 2.44. The first-order valence-corrected chi connectivity index (χ1v) is 6.97. The number of amides is 1. The molecule has 0 bridgehead atoms. The van der Waals surface area contributed by atoms with Crippen molar-refractivity contribution in [1.29, 1.82) is 0 Å². The lowest BCUT2D eigenvalue weighted by Crippen LogP contribution is -2.39. The van der Waals surface area contributed by atoms with Crippen molar-refractivity contribution in [2.45, 2.75) is 19.8 Å². The second kappa shape index (κ2) is 12.7. The van der Waals surface area contributed by atoms with E-state index in [2.05, 4.69) is 15.6 Å². The molecule has 0 rings (SSSR count). The molecule has 6 nitrogen and oxygen atoms in total. The summed E-state index contributed by atoms with van der Waals surface area (Å²) in [6.07, 6.45) is 1.26. The molecule has 0 radical (unpaired) electrons. The molecule has 0 saturated heterocycles. The summed E-state index contributed by atoms with van der Waals surface area (Å²) in [5.74, 6) is 0.455. The Bertz CT molecular complexity index is 286. The van der Waals surface area contributed by atoms with E-state index < -0.39 is 0 Å². The standard InChI is InChI=1S/C13H27FN4O2/c1-4-20-10-6-9-16-13(15-8-5-7-14)17-11-12(19)18(2)3/h4-11H2,1-3H3,(H2,15,16,17). The van der Waals surface area contributed by atoms with Gasteiger partial charge < -0.3 is 20.3 Å². The average Bonchev–Trinajstić information content (AvgIpc) is 2.43. The summed E-state index contributed by atoms with van der Waals surface area (Å²) < 4.78 is 17.3. The number of guanidine groups is 1. The summed E-state index contributed by atoms with van der Waals surface area (Å²) in [6.45, 7) is 4.21. The lowest BCUT2D eigenvalue weighted by Gasteiger charge is -2.13. The van der Waals surface area contributed by atoms with E-state index in [9.17, 15) is 9.18 Å². The minimum atomic E-state index is -0.374. The van der Waals surface area contributed by atoms with Gasteiger partial charge in [-0.3, -0.25) is 9.18 Å². The van der Waals surface area contributed by atoms with Gasteiger partial charge in [-0.2, -0.15) is 0 Å². The summed E-state index contributed by atoms with van der Waals surface area (Å²) in [6, 6.07) is 0. The number of rotatable bonds is 10. The van der Waals surface area contributed by atoms with Gasteiger partial charge in [-0.25, -0.2) is 4.99 Å². The van der Waals surface area contributed by atoms with Crippen LogP contribution in [0, 0.1) is 0 Å². The molecule has 0 fully saturated rings. The van der Waals surface area contributed by atoms with Crippen molar-refractivity contribution in [3.63, 3.8) is 0 Å². The van der Waals surface area contributed by atoms with Crippen molar-refractivity contribution in [3.8, 4) is 0 Å². The lowest BCUT2D eigenvalue weighted by molar-refractivity contribution is -0.127. The first-order valence-electron chi connectivity index (χ1n) is 6.97. The Morgan fingerprint density at radius 1 is 1.25 bits per heavy atom. The van der Waals surface area contributed by atoms with Crippen LogP contribution in [-0.2, 0) is 9.53 Å². The minimum absolute atomic E-state index is 0.0728. The summed E-state index contributed by atoms with van der Waals surface area (Å²) in [5, 5.41) is 6.09. The van der Waals surface area contributed by atoms with Crippen LogP contribution >= 0.6 is 0 Å². The van der Waals surface area contributed by atoms with Crippen molar-refractivity contribution >= 4 is 11.9 Å². The second-order valence-corrected chi connectivity index (χ2v) is 4.40. The lowest BCUT2D eigenvalue weighted by atomic mass is 10.4. The molecule has 0 heterocycles. The highest BCUT2D eigenvalue weighted by Gasteiger charge is 2.04. The van der Waals surface area contributed by atoms with Gasteiger partial charge in [0, 0.05) is 40.4 Å². The third-order valence-electron chi connectivity index (χ3n) is 2.44. The molecule has 0 unspecified atom stereocenters. The number of nitrogens with zero attached hydrogens (tertiary/aromatic N) is 2. The maximum absolute atomic E-state index is 12.1. The number of halogens is 1. The van der Waals surface area contributed by atoms with Crippen LogP contribution in [0.2, 0.25) is 0 Å². The van der Waals surface area contributed by atoms with Crippen LogP contribution in [0.3, 0.4) is 0 Å². The highest BCUT2D eigenvalue weighted by Crippen LogP contribution is 1.85. The molecule has 20 heavy (non-hydrogen) atoms. The van der Waals surface area contributed by atoms with Crippen LogP contribution in [0.4, 0.5) is 4.39 Å². The zero-order chi connectivity index (χ0) is 15.2. The van der Waals surface area contributed by atoms with Crippen LogP contribution in [0.15, 0.2) is 4.99 Å². The molecule has 7 heteroatoms. The molecule has 0 atom stereocenters. The molecule has 0 saturated carbocycles. The van der Waals surface area contributed by atoms with E-state index in [1.807, 2.05) is 6.92 Å². The Balaban J connectivity index is 4.11. The van der Waals surface area contributed by atoms with Crippen LogP contribution in [0.5, 0.6) is 0 Å². The first-order chi connectivity index (χ1) is 9.61. The molecule has 0 aliphatic rings. The van der Waals surface area contributed by atoms with E-state index in [1.54, 1.807) is 14.1 Å². The van der Waals surface area contributed by atoms with Gasteiger partial charge in [0.1, 0.15) is 6.54 Å². The number of aliphatic imine (C=N–C) groups is 1. The van der Waals surface area contributed by atoms with Gasteiger partial charge in [-0.1, -0.05) is 0 Å². The van der Waals surface area contributed by atoms with E-state index in [-0.39, 0.29) is 19.1 Å². The fourth-order valence-corrected chi connectivity index (χ4v) is 1.26. The van der Waals surface area contributed by atoms with E-state index >= 15 is 0 Å². The number of alkyl halides is 1. The number of likely N-dealkylation sites (N-methyl/N-ethyl adjacent to an activating group) is 1. The quantitative estimate of drug-likeness (QED) is 0.347. The van der Waals surface area contributed by atoms with Gasteiger partial charge in [0.25, 0.3) is 0 Å². The number of hydrogen-bond acceptors (Lipinski definition) is 3. The molecule has 0 aromatic rings. The summed E-state index contributed by atoms with van der Waals surface area (Å²) >= 11 is 0. The summed E-state index contributed by atoms with van der Waals surface area (Å²) in [5.41, 5.74) is 0. The van der Waals surface area contributed by atoms with Gasteiger partial charge in [0.15, 0.2) is 5.96 Å². The van der Waals surface area contributed by atoms with Crippen LogP contribution in [0.25, 0.3) is 0 Å². The van der Waals surface area contributed by atoms with Crippen molar-refractivity contribution < 1.29 is 13.9 Å². The number of ether oxygens (including phenoxy) is 1. The van der Waals surface area contributed by atoms with Crippen LogP contribution in [-0.4, -0.2) is 70.4 Å². The van der Waals surface area contributed by atoms with Crippen LogP contribution in [0.1, 0.15) is 19.8 Å². The van der Waals surface area contributed by atoms with E-state index in [0.717, 1.165) is 6.42 Å². The van der Waals surface area contributed by atoms with Gasteiger partial charge in [-0.05, 0) is 19.8 Å². The molecule has 0 spiro atoms. The van der Waals surface area contributed by atoms with E-state index in [0.29, 0.717) is 38.7 Å². The molecule has 0 aromatic heterocycles. The molecular weight excluding hydrogens is 263 g/mol. The Hall–Kier alpha value is -1.37. The monoisotopic (exact) mass is 290 g/mol. The molecule has 0 aliphatic heterocycles. The van der Waals surface area contributed by atoms with Crippen molar-refractivity contribution in [2.24, 2.45) is 4.99 Å².